The fraction of sp³-hybridized carbons (Fsp3) is 1.00. The molecule has 1 aliphatic rings. The summed E-state index contributed by atoms with van der Waals surface area (Å²) in [6.07, 6.45) is 0.900. The summed E-state index contributed by atoms with van der Waals surface area (Å²) in [6, 6.07) is 0.173. The number of aliphatic hydroxyl groups is 1. The zero-order valence-electron chi connectivity index (χ0n) is 10.1. The Labute approximate surface area is 98.1 Å². The minimum atomic E-state index is -3.04. The van der Waals surface area contributed by atoms with Crippen molar-refractivity contribution in [3.63, 3.8) is 0 Å². The van der Waals surface area contributed by atoms with E-state index in [1.807, 2.05) is 6.92 Å². The third kappa shape index (κ3) is 3.16. The van der Waals surface area contributed by atoms with Crippen LogP contribution in [0.4, 0.5) is 0 Å². The van der Waals surface area contributed by atoms with Gasteiger partial charge in [0.2, 0.25) is 10.0 Å². The van der Waals surface area contributed by atoms with Crippen LogP contribution in [-0.4, -0.2) is 67.3 Å². The molecule has 0 aromatic rings. The highest BCUT2D eigenvalue weighted by Crippen LogP contribution is 2.12. The van der Waals surface area contributed by atoms with Crippen molar-refractivity contribution in [3.05, 3.63) is 0 Å². The first-order chi connectivity index (χ1) is 7.55. The average molecular weight is 250 g/mol. The van der Waals surface area contributed by atoms with Crippen LogP contribution in [0.25, 0.3) is 0 Å². The van der Waals surface area contributed by atoms with E-state index in [0.29, 0.717) is 13.1 Å². The summed E-state index contributed by atoms with van der Waals surface area (Å²) in [6.45, 7) is 6.40. The monoisotopic (exact) mass is 250 g/mol. The van der Waals surface area contributed by atoms with Gasteiger partial charge in [-0.2, -0.15) is 4.31 Å². The van der Waals surface area contributed by atoms with Crippen LogP contribution in [0.2, 0.25) is 0 Å². The SMILES string of the molecule is CCC(CO)N1CCN(S(=O)(=O)CC)CC1. The highest BCUT2D eigenvalue weighted by atomic mass is 32.2. The van der Waals surface area contributed by atoms with Crippen LogP contribution in [0.3, 0.4) is 0 Å². The molecule has 1 aliphatic heterocycles. The predicted molar refractivity (Wildman–Crippen MR) is 63.8 cm³/mol. The number of hydrogen-bond donors (Lipinski definition) is 1. The molecule has 5 nitrogen and oxygen atoms in total. The van der Waals surface area contributed by atoms with E-state index < -0.39 is 10.0 Å². The minimum Gasteiger partial charge on any atom is -0.395 e. The molecule has 16 heavy (non-hydrogen) atoms. The van der Waals surface area contributed by atoms with Crippen LogP contribution in [0.5, 0.6) is 0 Å². The molecular weight excluding hydrogens is 228 g/mol. The maximum absolute atomic E-state index is 11.6. The van der Waals surface area contributed by atoms with Crippen molar-refractivity contribution >= 4 is 10.0 Å². The van der Waals surface area contributed by atoms with Gasteiger partial charge in [0.1, 0.15) is 0 Å². The number of nitrogens with zero attached hydrogens (tertiary/aromatic N) is 2. The Kier molecular flexibility index (Phi) is 5.17. The number of rotatable bonds is 5. The zero-order valence-corrected chi connectivity index (χ0v) is 10.9. The van der Waals surface area contributed by atoms with Crippen LogP contribution >= 0.6 is 0 Å². The normalized spacial score (nSPS) is 22.2. The molecule has 1 saturated heterocycles. The molecule has 1 unspecified atom stereocenters. The highest BCUT2D eigenvalue weighted by molar-refractivity contribution is 7.89. The molecule has 0 aliphatic carbocycles. The van der Waals surface area contributed by atoms with E-state index >= 15 is 0 Å². The fourth-order valence-electron chi connectivity index (χ4n) is 2.03. The van der Waals surface area contributed by atoms with Crippen molar-refractivity contribution in [1.29, 1.82) is 0 Å². The summed E-state index contributed by atoms with van der Waals surface area (Å²) in [5.74, 6) is 0.171. The molecule has 0 spiro atoms. The minimum absolute atomic E-state index is 0.150. The fourth-order valence-corrected chi connectivity index (χ4v) is 3.12. The van der Waals surface area contributed by atoms with E-state index in [-0.39, 0.29) is 18.4 Å². The van der Waals surface area contributed by atoms with Crippen LogP contribution in [-0.2, 0) is 10.0 Å². The van der Waals surface area contributed by atoms with Gasteiger partial charge in [0.25, 0.3) is 0 Å². The van der Waals surface area contributed by atoms with Gasteiger partial charge in [-0.1, -0.05) is 6.92 Å². The van der Waals surface area contributed by atoms with E-state index in [1.54, 1.807) is 11.2 Å². The molecule has 6 heteroatoms. The first-order valence-corrected chi connectivity index (χ1v) is 7.48. The second-order valence-corrected chi connectivity index (χ2v) is 6.34. The van der Waals surface area contributed by atoms with Crippen molar-refractivity contribution in [1.82, 2.24) is 9.21 Å². The molecule has 1 fully saturated rings. The van der Waals surface area contributed by atoms with Gasteiger partial charge < -0.3 is 5.11 Å². The molecule has 0 amide bonds. The van der Waals surface area contributed by atoms with E-state index in [0.717, 1.165) is 19.5 Å². The van der Waals surface area contributed by atoms with Gasteiger partial charge in [-0.25, -0.2) is 8.42 Å². The smallest absolute Gasteiger partial charge is 0.213 e. The van der Waals surface area contributed by atoms with E-state index in [1.165, 1.54) is 0 Å². The predicted octanol–water partition coefficient (Wildman–Crippen LogP) is -0.275. The Bertz CT molecular complexity index is 293. The van der Waals surface area contributed by atoms with Gasteiger partial charge >= 0.3 is 0 Å². The van der Waals surface area contributed by atoms with Crippen LogP contribution in [0.1, 0.15) is 20.3 Å². The van der Waals surface area contributed by atoms with Crippen LogP contribution in [0, 0.1) is 0 Å². The molecular formula is C10H22N2O3S. The van der Waals surface area contributed by atoms with Gasteiger partial charge in [-0.05, 0) is 13.3 Å². The Morgan fingerprint density at radius 3 is 2.12 bits per heavy atom. The molecule has 1 N–H and O–H groups in total. The number of aliphatic hydroxyl groups excluding tert-OH is 1. The first-order valence-electron chi connectivity index (χ1n) is 5.87. The van der Waals surface area contributed by atoms with E-state index in [4.69, 9.17) is 0 Å². The Hall–Kier alpha value is -0.170. The Balaban J connectivity index is 2.51. The standard InChI is InChI=1S/C10H22N2O3S/c1-3-10(9-13)11-5-7-12(8-6-11)16(14,15)4-2/h10,13H,3-9H2,1-2H3. The maximum Gasteiger partial charge on any atom is 0.213 e. The summed E-state index contributed by atoms with van der Waals surface area (Å²) in [7, 11) is -3.04. The zero-order chi connectivity index (χ0) is 12.2. The van der Waals surface area contributed by atoms with Gasteiger partial charge in [0.05, 0.1) is 12.4 Å². The van der Waals surface area contributed by atoms with Crippen molar-refractivity contribution in [2.45, 2.75) is 26.3 Å². The van der Waals surface area contributed by atoms with Crippen molar-refractivity contribution in [2.75, 3.05) is 38.5 Å². The second-order valence-electron chi connectivity index (χ2n) is 4.08. The third-order valence-corrected chi connectivity index (χ3v) is 5.11. The quantitative estimate of drug-likeness (QED) is 0.729. The van der Waals surface area contributed by atoms with Gasteiger partial charge in [0, 0.05) is 32.2 Å². The van der Waals surface area contributed by atoms with Crippen molar-refractivity contribution < 1.29 is 13.5 Å². The molecule has 0 saturated carbocycles. The molecule has 0 radical (unpaired) electrons. The number of sulfonamides is 1. The number of hydrogen-bond acceptors (Lipinski definition) is 4. The van der Waals surface area contributed by atoms with Gasteiger partial charge in [-0.15, -0.1) is 0 Å². The second kappa shape index (κ2) is 5.95. The molecule has 0 bridgehead atoms. The Morgan fingerprint density at radius 2 is 1.75 bits per heavy atom. The van der Waals surface area contributed by atoms with E-state index in [2.05, 4.69) is 4.90 Å². The molecule has 96 valence electrons. The Morgan fingerprint density at radius 1 is 1.19 bits per heavy atom. The van der Waals surface area contributed by atoms with Crippen molar-refractivity contribution in [2.24, 2.45) is 0 Å². The molecule has 1 rings (SSSR count). The summed E-state index contributed by atoms with van der Waals surface area (Å²) >= 11 is 0. The lowest BCUT2D eigenvalue weighted by molar-refractivity contribution is 0.0881. The topological polar surface area (TPSA) is 60.9 Å². The first kappa shape index (κ1) is 13.9. The maximum atomic E-state index is 11.6. The van der Waals surface area contributed by atoms with Gasteiger partial charge in [0.15, 0.2) is 0 Å². The van der Waals surface area contributed by atoms with Crippen molar-refractivity contribution in [3.8, 4) is 0 Å². The highest BCUT2D eigenvalue weighted by Gasteiger charge is 2.27. The molecule has 1 atom stereocenters. The van der Waals surface area contributed by atoms with E-state index in [9.17, 15) is 13.5 Å². The molecule has 0 aromatic heterocycles. The molecule has 0 aromatic carbocycles. The van der Waals surface area contributed by atoms with Crippen LogP contribution < -0.4 is 0 Å². The lowest BCUT2D eigenvalue weighted by Crippen LogP contribution is -2.52. The lowest BCUT2D eigenvalue weighted by atomic mass is 10.2. The van der Waals surface area contributed by atoms with Gasteiger partial charge in [-0.3, -0.25) is 4.90 Å². The summed E-state index contributed by atoms with van der Waals surface area (Å²) < 4.78 is 24.8. The summed E-state index contributed by atoms with van der Waals surface area (Å²) in [5, 5.41) is 9.18. The summed E-state index contributed by atoms with van der Waals surface area (Å²) in [4.78, 5) is 2.17. The summed E-state index contributed by atoms with van der Waals surface area (Å²) in [5.41, 5.74) is 0. The average Bonchev–Trinajstić information content (AvgIpc) is 2.31. The molecule has 1 heterocycles. The number of piperazine rings is 1. The largest absolute Gasteiger partial charge is 0.395 e. The third-order valence-electron chi connectivity index (χ3n) is 3.23. The van der Waals surface area contributed by atoms with Crippen LogP contribution in [0.15, 0.2) is 0 Å². The lowest BCUT2D eigenvalue weighted by Gasteiger charge is -2.37.